The van der Waals surface area contributed by atoms with Gasteiger partial charge in [-0.05, 0) is 40.9 Å². The Kier molecular flexibility index (Phi) is 3.24. The molecule has 0 aliphatic heterocycles. The topological polar surface area (TPSA) is 37.3 Å². The van der Waals surface area contributed by atoms with Gasteiger partial charge in [0, 0.05) is 5.56 Å². The van der Waals surface area contributed by atoms with Crippen LogP contribution in [-0.4, -0.2) is 11.1 Å². The third kappa shape index (κ3) is 2.36. The fraction of sp³-hybridized carbons (Fsp3) is 0.154. The molecule has 0 aliphatic rings. The number of aliphatic carboxylic acids is 1. The summed E-state index contributed by atoms with van der Waals surface area (Å²) in [6.07, 6.45) is 0. The fourth-order valence-electron chi connectivity index (χ4n) is 1.60. The molecule has 0 fully saturated rings. The van der Waals surface area contributed by atoms with E-state index in [0.717, 1.165) is 5.56 Å². The van der Waals surface area contributed by atoms with E-state index in [1.165, 1.54) is 17.4 Å². The van der Waals surface area contributed by atoms with Crippen molar-refractivity contribution in [3.8, 4) is 11.1 Å². The Morgan fingerprint density at radius 3 is 2.71 bits per heavy atom. The molecule has 2 aromatic rings. The fourth-order valence-corrected chi connectivity index (χ4v) is 2.25. The average Bonchev–Trinajstić information content (AvgIpc) is 2.81. The summed E-state index contributed by atoms with van der Waals surface area (Å²) in [6.45, 7) is 1.54. The first-order chi connectivity index (χ1) is 8.09. The first-order valence-corrected chi connectivity index (χ1v) is 6.08. The van der Waals surface area contributed by atoms with Crippen LogP contribution in [0, 0.1) is 5.82 Å². The van der Waals surface area contributed by atoms with Crippen LogP contribution < -0.4 is 0 Å². The van der Waals surface area contributed by atoms with Gasteiger partial charge in [0.1, 0.15) is 5.82 Å². The number of carbonyl (C=O) groups is 1. The van der Waals surface area contributed by atoms with Gasteiger partial charge in [-0.3, -0.25) is 4.79 Å². The highest BCUT2D eigenvalue weighted by Crippen LogP contribution is 2.27. The second-order valence-electron chi connectivity index (χ2n) is 3.81. The lowest BCUT2D eigenvalue weighted by atomic mass is 9.98. The van der Waals surface area contributed by atoms with E-state index in [-0.39, 0.29) is 5.82 Å². The van der Waals surface area contributed by atoms with E-state index in [9.17, 15) is 9.18 Å². The predicted molar refractivity (Wildman–Crippen MR) is 65.8 cm³/mol. The van der Waals surface area contributed by atoms with Gasteiger partial charge in [-0.2, -0.15) is 11.3 Å². The molecule has 0 bridgehead atoms. The SMILES string of the molecule is C[C@@H](C(=O)O)c1ccc(-c2ccsc2)c(F)c1. The average molecular weight is 250 g/mol. The zero-order valence-electron chi connectivity index (χ0n) is 9.18. The van der Waals surface area contributed by atoms with Crippen LogP contribution in [0.3, 0.4) is 0 Å². The van der Waals surface area contributed by atoms with Crippen molar-refractivity contribution in [2.75, 3.05) is 0 Å². The van der Waals surface area contributed by atoms with Gasteiger partial charge in [-0.1, -0.05) is 12.1 Å². The normalized spacial score (nSPS) is 12.4. The van der Waals surface area contributed by atoms with Gasteiger partial charge in [0.05, 0.1) is 5.92 Å². The molecule has 2 rings (SSSR count). The Hall–Kier alpha value is -1.68. The summed E-state index contributed by atoms with van der Waals surface area (Å²) in [5.41, 5.74) is 1.81. The van der Waals surface area contributed by atoms with Crippen molar-refractivity contribution in [3.05, 3.63) is 46.4 Å². The minimum Gasteiger partial charge on any atom is -0.481 e. The molecule has 0 spiro atoms. The summed E-state index contributed by atoms with van der Waals surface area (Å²) in [7, 11) is 0. The van der Waals surface area contributed by atoms with E-state index in [1.807, 2.05) is 16.8 Å². The van der Waals surface area contributed by atoms with Crippen molar-refractivity contribution in [3.63, 3.8) is 0 Å². The van der Waals surface area contributed by atoms with Gasteiger partial charge >= 0.3 is 5.97 Å². The quantitative estimate of drug-likeness (QED) is 0.901. The molecule has 1 aromatic carbocycles. The van der Waals surface area contributed by atoms with Crippen molar-refractivity contribution in [2.45, 2.75) is 12.8 Å². The maximum atomic E-state index is 13.8. The number of hydrogen-bond donors (Lipinski definition) is 1. The standard InChI is InChI=1S/C13H11FO2S/c1-8(13(15)16)9-2-3-11(12(14)6-9)10-4-5-17-7-10/h2-8H,1H3,(H,15,16)/t8-/m1/s1. The number of carboxylic acid groups (broad SMARTS) is 1. The molecule has 0 amide bonds. The molecule has 1 N–H and O–H groups in total. The Bertz CT molecular complexity index is 534. The highest BCUT2D eigenvalue weighted by molar-refractivity contribution is 7.08. The molecule has 0 aliphatic carbocycles. The summed E-state index contributed by atoms with van der Waals surface area (Å²) in [5.74, 6) is -2.03. The second kappa shape index (κ2) is 4.67. The van der Waals surface area contributed by atoms with E-state index >= 15 is 0 Å². The molecule has 0 unspecified atom stereocenters. The van der Waals surface area contributed by atoms with Gasteiger partial charge in [-0.25, -0.2) is 4.39 Å². The van der Waals surface area contributed by atoms with Crippen molar-refractivity contribution < 1.29 is 14.3 Å². The van der Waals surface area contributed by atoms with Crippen molar-refractivity contribution >= 4 is 17.3 Å². The van der Waals surface area contributed by atoms with Gasteiger partial charge in [-0.15, -0.1) is 0 Å². The zero-order chi connectivity index (χ0) is 12.4. The molecule has 0 saturated carbocycles. The molecular formula is C13H11FO2S. The van der Waals surface area contributed by atoms with Crippen LogP contribution in [0.25, 0.3) is 11.1 Å². The van der Waals surface area contributed by atoms with Gasteiger partial charge < -0.3 is 5.11 Å². The minimum absolute atomic E-state index is 0.381. The van der Waals surface area contributed by atoms with Gasteiger partial charge in [0.15, 0.2) is 0 Å². The van der Waals surface area contributed by atoms with Crippen molar-refractivity contribution in [1.29, 1.82) is 0 Å². The molecule has 0 radical (unpaired) electrons. The molecule has 2 nitrogen and oxygen atoms in total. The highest BCUT2D eigenvalue weighted by atomic mass is 32.1. The van der Waals surface area contributed by atoms with Crippen LogP contribution in [0.1, 0.15) is 18.4 Å². The number of benzene rings is 1. The number of carboxylic acids is 1. The largest absolute Gasteiger partial charge is 0.481 e. The van der Waals surface area contributed by atoms with Gasteiger partial charge in [0.25, 0.3) is 0 Å². The third-order valence-corrected chi connectivity index (χ3v) is 3.38. The Balaban J connectivity index is 2.39. The first kappa shape index (κ1) is 11.8. The summed E-state index contributed by atoms with van der Waals surface area (Å²) >= 11 is 1.50. The summed E-state index contributed by atoms with van der Waals surface area (Å²) in [5, 5.41) is 12.6. The van der Waals surface area contributed by atoms with Crippen LogP contribution >= 0.6 is 11.3 Å². The van der Waals surface area contributed by atoms with Crippen LogP contribution in [0.4, 0.5) is 4.39 Å². The van der Waals surface area contributed by atoms with Crippen LogP contribution in [0.5, 0.6) is 0 Å². The number of rotatable bonds is 3. The Morgan fingerprint density at radius 2 is 2.18 bits per heavy atom. The van der Waals surface area contributed by atoms with Gasteiger partial charge in [0.2, 0.25) is 0 Å². The molecule has 4 heteroatoms. The maximum Gasteiger partial charge on any atom is 0.310 e. The predicted octanol–water partition coefficient (Wildman–Crippen LogP) is 3.74. The van der Waals surface area contributed by atoms with Crippen LogP contribution in [0.2, 0.25) is 0 Å². The lowest BCUT2D eigenvalue weighted by Crippen LogP contribution is -2.07. The number of hydrogen-bond acceptors (Lipinski definition) is 2. The van der Waals surface area contributed by atoms with Crippen molar-refractivity contribution in [2.24, 2.45) is 0 Å². The molecular weight excluding hydrogens is 239 g/mol. The molecule has 88 valence electrons. The summed E-state index contributed by atoms with van der Waals surface area (Å²) in [4.78, 5) is 10.8. The van der Waals surface area contributed by atoms with Crippen molar-refractivity contribution in [1.82, 2.24) is 0 Å². The number of halogens is 1. The third-order valence-electron chi connectivity index (χ3n) is 2.70. The lowest BCUT2D eigenvalue weighted by molar-refractivity contribution is -0.138. The molecule has 1 atom stereocenters. The Morgan fingerprint density at radius 1 is 1.41 bits per heavy atom. The molecule has 1 aromatic heterocycles. The minimum atomic E-state index is -0.951. The summed E-state index contributed by atoms with van der Waals surface area (Å²) in [6, 6.07) is 6.43. The summed E-state index contributed by atoms with van der Waals surface area (Å²) < 4.78 is 13.8. The maximum absolute atomic E-state index is 13.8. The Labute approximate surface area is 102 Å². The zero-order valence-corrected chi connectivity index (χ0v) is 10.00. The number of thiophene rings is 1. The second-order valence-corrected chi connectivity index (χ2v) is 4.59. The van der Waals surface area contributed by atoms with E-state index in [4.69, 9.17) is 5.11 Å². The van der Waals surface area contributed by atoms with E-state index in [0.29, 0.717) is 11.1 Å². The molecule has 1 heterocycles. The smallest absolute Gasteiger partial charge is 0.310 e. The first-order valence-electron chi connectivity index (χ1n) is 5.14. The van der Waals surface area contributed by atoms with E-state index < -0.39 is 11.9 Å². The van der Waals surface area contributed by atoms with E-state index in [1.54, 1.807) is 19.1 Å². The molecule has 17 heavy (non-hydrogen) atoms. The van der Waals surface area contributed by atoms with Crippen LogP contribution in [0.15, 0.2) is 35.0 Å². The lowest BCUT2D eigenvalue weighted by Gasteiger charge is -2.08. The van der Waals surface area contributed by atoms with E-state index in [2.05, 4.69) is 0 Å². The van der Waals surface area contributed by atoms with Crippen LogP contribution in [-0.2, 0) is 4.79 Å². The molecule has 0 saturated heterocycles. The monoisotopic (exact) mass is 250 g/mol. The highest BCUT2D eigenvalue weighted by Gasteiger charge is 2.15.